The van der Waals surface area contributed by atoms with Crippen LogP contribution < -0.4 is 15.4 Å². The van der Waals surface area contributed by atoms with Crippen LogP contribution in [-0.2, 0) is 32.7 Å². The summed E-state index contributed by atoms with van der Waals surface area (Å²) in [6.07, 6.45) is 0.998. The van der Waals surface area contributed by atoms with Crippen molar-refractivity contribution in [3.63, 3.8) is 0 Å². The quantitative estimate of drug-likeness (QED) is 0.622. The van der Waals surface area contributed by atoms with Crippen LogP contribution in [0.4, 0.5) is 11.4 Å². The highest BCUT2D eigenvalue weighted by molar-refractivity contribution is 7.92. The first kappa shape index (κ1) is 21.4. The maximum Gasteiger partial charge on any atom is 0.253 e. The second-order valence-corrected chi connectivity index (χ2v) is 8.00. The Morgan fingerprint density at radius 3 is 2.25 bits per heavy atom. The molecule has 0 aliphatic rings. The van der Waals surface area contributed by atoms with E-state index in [1.54, 1.807) is 7.11 Å². The molecular formula is C19H23N3O5S. The van der Waals surface area contributed by atoms with Crippen LogP contribution in [0.25, 0.3) is 0 Å². The largest absolute Gasteiger partial charge is 0.380 e. The number of carbonyl (C=O) groups is 2. The number of carbonyl (C=O) groups excluding carboxylic acids is 2. The summed E-state index contributed by atoms with van der Waals surface area (Å²) in [4.78, 5) is 23.9. The van der Waals surface area contributed by atoms with Crippen LogP contribution in [0.1, 0.15) is 28.4 Å². The Bertz CT molecular complexity index is 956. The molecule has 0 fully saturated rings. The molecule has 8 nitrogen and oxygen atoms in total. The number of methoxy groups -OCH3 is 1. The SMILES string of the molecule is COCc1ccc(CNC(=O)c2cc(NC(C)=O)ccc2NS(C)(=O)=O)cc1. The summed E-state index contributed by atoms with van der Waals surface area (Å²) in [5, 5.41) is 5.33. The van der Waals surface area contributed by atoms with Crippen molar-refractivity contribution in [2.24, 2.45) is 0 Å². The van der Waals surface area contributed by atoms with Gasteiger partial charge in [-0.05, 0) is 29.3 Å². The zero-order valence-electron chi connectivity index (χ0n) is 15.9. The van der Waals surface area contributed by atoms with Gasteiger partial charge in [0.15, 0.2) is 0 Å². The second-order valence-electron chi connectivity index (χ2n) is 6.25. The third-order valence-corrected chi connectivity index (χ3v) is 4.26. The van der Waals surface area contributed by atoms with Gasteiger partial charge in [-0.1, -0.05) is 24.3 Å². The van der Waals surface area contributed by atoms with Gasteiger partial charge in [0.2, 0.25) is 15.9 Å². The fourth-order valence-corrected chi connectivity index (χ4v) is 3.08. The standard InChI is InChI=1S/C19H23N3O5S/c1-13(23)21-16-8-9-18(22-28(3,25)26)17(10-16)19(24)20-11-14-4-6-15(7-5-14)12-27-2/h4-10,22H,11-12H2,1-3H3,(H,20,24)(H,21,23). The van der Waals surface area contributed by atoms with Crippen LogP contribution in [0, 0.1) is 0 Å². The molecule has 28 heavy (non-hydrogen) atoms. The maximum absolute atomic E-state index is 12.7. The molecule has 0 radical (unpaired) electrons. The highest BCUT2D eigenvalue weighted by Crippen LogP contribution is 2.22. The average molecular weight is 405 g/mol. The van der Waals surface area contributed by atoms with Gasteiger partial charge in [-0.15, -0.1) is 0 Å². The molecule has 0 spiro atoms. The fraction of sp³-hybridized carbons (Fsp3) is 0.263. The number of nitrogens with one attached hydrogen (secondary N) is 3. The Morgan fingerprint density at radius 1 is 1.04 bits per heavy atom. The molecule has 9 heteroatoms. The Morgan fingerprint density at radius 2 is 1.68 bits per heavy atom. The van der Waals surface area contributed by atoms with Crippen molar-refractivity contribution >= 4 is 33.2 Å². The Hall–Kier alpha value is -2.91. The van der Waals surface area contributed by atoms with Crippen molar-refractivity contribution in [2.75, 3.05) is 23.4 Å². The third-order valence-electron chi connectivity index (χ3n) is 3.67. The monoisotopic (exact) mass is 405 g/mol. The molecule has 0 aliphatic heterocycles. The molecule has 0 saturated heterocycles. The molecule has 2 aromatic carbocycles. The van der Waals surface area contributed by atoms with Crippen molar-refractivity contribution < 1.29 is 22.7 Å². The molecule has 2 aromatic rings. The Kier molecular flexibility index (Phi) is 7.13. The van der Waals surface area contributed by atoms with E-state index < -0.39 is 15.9 Å². The van der Waals surface area contributed by atoms with E-state index in [1.807, 2.05) is 24.3 Å². The summed E-state index contributed by atoms with van der Waals surface area (Å²) in [5.41, 5.74) is 2.52. The minimum absolute atomic E-state index is 0.104. The molecule has 3 N–H and O–H groups in total. The molecule has 2 amide bonds. The number of benzene rings is 2. The molecule has 2 rings (SSSR count). The zero-order valence-corrected chi connectivity index (χ0v) is 16.7. The molecular weight excluding hydrogens is 382 g/mol. The second kappa shape index (κ2) is 9.34. The van der Waals surface area contributed by atoms with E-state index in [2.05, 4.69) is 15.4 Å². The Balaban J connectivity index is 2.19. The van der Waals surface area contributed by atoms with E-state index in [1.165, 1.54) is 25.1 Å². The lowest BCUT2D eigenvalue weighted by molar-refractivity contribution is -0.114. The van der Waals surface area contributed by atoms with Crippen molar-refractivity contribution in [3.8, 4) is 0 Å². The van der Waals surface area contributed by atoms with Crippen molar-refractivity contribution in [1.29, 1.82) is 0 Å². The van der Waals surface area contributed by atoms with Crippen LogP contribution in [-0.4, -0.2) is 33.6 Å². The summed E-state index contributed by atoms with van der Waals surface area (Å²) >= 11 is 0. The topological polar surface area (TPSA) is 114 Å². The molecule has 150 valence electrons. The number of ether oxygens (including phenoxy) is 1. The van der Waals surface area contributed by atoms with Gasteiger partial charge in [0, 0.05) is 26.3 Å². The van der Waals surface area contributed by atoms with Crippen LogP contribution in [0.3, 0.4) is 0 Å². The molecule has 0 aliphatic carbocycles. The lowest BCUT2D eigenvalue weighted by Crippen LogP contribution is -2.25. The van der Waals surface area contributed by atoms with Gasteiger partial charge in [-0.2, -0.15) is 0 Å². The van der Waals surface area contributed by atoms with Crippen LogP contribution in [0.2, 0.25) is 0 Å². The van der Waals surface area contributed by atoms with Gasteiger partial charge in [-0.3, -0.25) is 14.3 Å². The summed E-state index contributed by atoms with van der Waals surface area (Å²) in [7, 11) is -1.96. The maximum atomic E-state index is 12.7. The summed E-state index contributed by atoms with van der Waals surface area (Å²) < 4.78 is 30.5. The molecule has 0 bridgehead atoms. The number of amides is 2. The molecule has 0 aromatic heterocycles. The zero-order chi connectivity index (χ0) is 20.7. The van der Waals surface area contributed by atoms with Crippen molar-refractivity contribution in [1.82, 2.24) is 5.32 Å². The molecule has 0 saturated carbocycles. The van der Waals surface area contributed by atoms with Gasteiger partial charge < -0.3 is 15.4 Å². The lowest BCUT2D eigenvalue weighted by atomic mass is 10.1. The number of hydrogen-bond acceptors (Lipinski definition) is 5. The molecule has 0 unspecified atom stereocenters. The lowest BCUT2D eigenvalue weighted by Gasteiger charge is -2.13. The normalized spacial score (nSPS) is 11.0. The first-order chi connectivity index (χ1) is 13.2. The summed E-state index contributed by atoms with van der Waals surface area (Å²) in [6.45, 7) is 2.10. The van der Waals surface area contributed by atoms with Gasteiger partial charge in [0.1, 0.15) is 0 Å². The predicted molar refractivity (Wildman–Crippen MR) is 108 cm³/mol. The van der Waals surface area contributed by atoms with Crippen LogP contribution in [0.15, 0.2) is 42.5 Å². The van der Waals surface area contributed by atoms with Crippen molar-refractivity contribution in [2.45, 2.75) is 20.1 Å². The highest BCUT2D eigenvalue weighted by Gasteiger charge is 2.15. The Labute approximate surface area is 164 Å². The summed E-state index contributed by atoms with van der Waals surface area (Å²) in [6, 6.07) is 11.9. The number of rotatable bonds is 8. The van der Waals surface area contributed by atoms with E-state index in [-0.39, 0.29) is 23.7 Å². The first-order valence-corrected chi connectivity index (χ1v) is 10.3. The number of hydrogen-bond donors (Lipinski definition) is 3. The number of sulfonamides is 1. The predicted octanol–water partition coefficient (Wildman–Crippen LogP) is 2.09. The minimum atomic E-state index is -3.58. The van der Waals surface area contributed by atoms with Gasteiger partial charge in [0.25, 0.3) is 5.91 Å². The number of anilines is 2. The van der Waals surface area contributed by atoms with Gasteiger partial charge in [0.05, 0.1) is 24.1 Å². The molecule has 0 atom stereocenters. The molecule has 0 heterocycles. The van der Waals surface area contributed by atoms with Crippen LogP contribution >= 0.6 is 0 Å². The summed E-state index contributed by atoms with van der Waals surface area (Å²) in [5.74, 6) is -0.773. The fourth-order valence-electron chi connectivity index (χ4n) is 2.50. The average Bonchev–Trinajstić information content (AvgIpc) is 2.61. The minimum Gasteiger partial charge on any atom is -0.380 e. The van der Waals surface area contributed by atoms with E-state index in [0.29, 0.717) is 12.3 Å². The van der Waals surface area contributed by atoms with E-state index in [0.717, 1.165) is 17.4 Å². The first-order valence-electron chi connectivity index (χ1n) is 8.42. The third kappa shape index (κ3) is 6.67. The van der Waals surface area contributed by atoms with E-state index in [4.69, 9.17) is 4.74 Å². The van der Waals surface area contributed by atoms with E-state index >= 15 is 0 Å². The van der Waals surface area contributed by atoms with Crippen molar-refractivity contribution in [3.05, 3.63) is 59.2 Å². The van der Waals surface area contributed by atoms with Crippen LogP contribution in [0.5, 0.6) is 0 Å². The highest BCUT2D eigenvalue weighted by atomic mass is 32.2. The van der Waals surface area contributed by atoms with E-state index in [9.17, 15) is 18.0 Å². The van der Waals surface area contributed by atoms with Gasteiger partial charge >= 0.3 is 0 Å². The smallest absolute Gasteiger partial charge is 0.253 e. The van der Waals surface area contributed by atoms with Gasteiger partial charge in [-0.25, -0.2) is 8.42 Å².